The van der Waals surface area contributed by atoms with E-state index in [-0.39, 0.29) is 0 Å². The lowest BCUT2D eigenvalue weighted by atomic mass is 10.1. The van der Waals surface area contributed by atoms with Crippen LogP contribution in [0.3, 0.4) is 0 Å². The fraction of sp³-hybridized carbons (Fsp3) is 1.00. The summed E-state index contributed by atoms with van der Waals surface area (Å²) in [6, 6.07) is 1.87. The molecule has 0 rings (SSSR count). The topological polar surface area (TPSA) is 26.0 Å². The first-order valence-electron chi connectivity index (χ1n) is 4.56. The van der Waals surface area contributed by atoms with E-state index in [0.29, 0.717) is 6.04 Å². The minimum atomic E-state index is 0.504. The quantitative estimate of drug-likeness (QED) is 0.455. The summed E-state index contributed by atoms with van der Waals surface area (Å²) in [5, 5.41) is 0. The third-order valence-corrected chi connectivity index (χ3v) is 2.42. The van der Waals surface area contributed by atoms with Crippen molar-refractivity contribution >= 4 is 10.2 Å². The van der Waals surface area contributed by atoms with Crippen molar-refractivity contribution in [2.24, 2.45) is 5.73 Å². The Labute approximate surface area is 67.8 Å². The first-order valence-corrected chi connectivity index (χ1v) is 5.98. The monoisotopic (exact) mass is 159 g/mol. The summed E-state index contributed by atoms with van der Waals surface area (Å²) in [5.74, 6) is 0. The molecule has 0 aliphatic rings. The van der Waals surface area contributed by atoms with E-state index >= 15 is 0 Å². The third kappa shape index (κ3) is 6.30. The van der Waals surface area contributed by atoms with Gasteiger partial charge in [0.15, 0.2) is 0 Å². The van der Waals surface area contributed by atoms with E-state index < -0.39 is 0 Å². The Hall–Kier alpha value is 0.177. The van der Waals surface area contributed by atoms with Crippen LogP contribution in [0, 0.1) is 0 Å². The Kier molecular flexibility index (Phi) is 7.41. The highest BCUT2D eigenvalue weighted by atomic mass is 28.1. The summed E-state index contributed by atoms with van der Waals surface area (Å²) in [6.07, 6.45) is 6.51. The molecule has 0 spiro atoms. The van der Waals surface area contributed by atoms with Gasteiger partial charge in [-0.15, -0.1) is 0 Å². The van der Waals surface area contributed by atoms with Crippen LogP contribution in [-0.2, 0) is 0 Å². The van der Waals surface area contributed by atoms with E-state index in [0.717, 1.165) is 0 Å². The van der Waals surface area contributed by atoms with Gasteiger partial charge in [-0.1, -0.05) is 32.2 Å². The molecule has 62 valence electrons. The summed E-state index contributed by atoms with van der Waals surface area (Å²) in [6.45, 7) is 2.23. The van der Waals surface area contributed by atoms with Crippen molar-refractivity contribution < 1.29 is 0 Å². The molecule has 1 unspecified atom stereocenters. The summed E-state index contributed by atoms with van der Waals surface area (Å²) in [5.41, 5.74) is 5.85. The summed E-state index contributed by atoms with van der Waals surface area (Å²) in [7, 11) is 1.32. The number of unbranched alkanes of at least 4 members (excludes halogenated alkanes) is 2. The van der Waals surface area contributed by atoms with E-state index in [1.54, 1.807) is 0 Å². The predicted octanol–water partition coefficient (Wildman–Crippen LogP) is 1.07. The summed E-state index contributed by atoms with van der Waals surface area (Å²) in [4.78, 5) is 0. The van der Waals surface area contributed by atoms with Crippen LogP contribution >= 0.6 is 0 Å². The molecule has 0 fully saturated rings. The molecule has 0 aromatic rings. The van der Waals surface area contributed by atoms with Crippen LogP contribution < -0.4 is 5.73 Å². The molecule has 0 radical (unpaired) electrons. The van der Waals surface area contributed by atoms with Gasteiger partial charge in [-0.2, -0.15) is 0 Å². The van der Waals surface area contributed by atoms with Crippen molar-refractivity contribution in [3.63, 3.8) is 0 Å². The number of rotatable bonds is 6. The van der Waals surface area contributed by atoms with Crippen LogP contribution in [0.25, 0.3) is 0 Å². The average molecular weight is 159 g/mol. The van der Waals surface area contributed by atoms with E-state index in [2.05, 4.69) is 6.92 Å². The molecule has 2 heteroatoms. The fourth-order valence-electron chi connectivity index (χ4n) is 1.17. The largest absolute Gasteiger partial charge is 0.328 e. The molecule has 0 saturated heterocycles. The Morgan fingerprint density at radius 1 is 1.30 bits per heavy atom. The minimum absolute atomic E-state index is 0.504. The minimum Gasteiger partial charge on any atom is -0.328 e. The van der Waals surface area contributed by atoms with Crippen molar-refractivity contribution in [1.29, 1.82) is 0 Å². The molecule has 0 bridgehead atoms. The Balaban J connectivity index is 2.97. The normalized spacial score (nSPS) is 13.8. The molecule has 1 nitrogen and oxygen atoms in total. The van der Waals surface area contributed by atoms with Gasteiger partial charge in [0.25, 0.3) is 0 Å². The van der Waals surface area contributed by atoms with Crippen molar-refractivity contribution in [1.82, 2.24) is 0 Å². The van der Waals surface area contributed by atoms with Crippen molar-refractivity contribution in [2.45, 2.75) is 51.1 Å². The molecule has 0 aromatic heterocycles. The van der Waals surface area contributed by atoms with E-state index in [9.17, 15) is 0 Å². The molecular formula is C8H21NSi. The molecule has 0 saturated carbocycles. The molecule has 10 heavy (non-hydrogen) atoms. The Bertz CT molecular complexity index is 66.3. The first kappa shape index (κ1) is 10.2. The molecular weight excluding hydrogens is 138 g/mol. The lowest BCUT2D eigenvalue weighted by Gasteiger charge is -2.08. The van der Waals surface area contributed by atoms with E-state index in [1.165, 1.54) is 48.4 Å². The highest BCUT2D eigenvalue weighted by Crippen LogP contribution is 2.04. The van der Waals surface area contributed by atoms with Crippen molar-refractivity contribution in [2.75, 3.05) is 0 Å². The second-order valence-electron chi connectivity index (χ2n) is 3.04. The molecule has 0 aliphatic carbocycles. The van der Waals surface area contributed by atoms with Gasteiger partial charge in [0.1, 0.15) is 0 Å². The Morgan fingerprint density at radius 3 is 2.50 bits per heavy atom. The van der Waals surface area contributed by atoms with Gasteiger partial charge < -0.3 is 5.73 Å². The zero-order valence-electron chi connectivity index (χ0n) is 7.40. The highest BCUT2D eigenvalue weighted by molar-refractivity contribution is 6.08. The van der Waals surface area contributed by atoms with Crippen LogP contribution in [0.5, 0.6) is 0 Å². The lowest BCUT2D eigenvalue weighted by molar-refractivity contribution is 0.547. The maximum atomic E-state index is 5.85. The van der Waals surface area contributed by atoms with Crippen molar-refractivity contribution in [3.8, 4) is 0 Å². The molecule has 0 aliphatic heterocycles. The Morgan fingerprint density at radius 2 is 2.00 bits per heavy atom. The number of hydrogen-bond acceptors (Lipinski definition) is 1. The molecule has 1 atom stereocenters. The number of hydrogen-bond donors (Lipinski definition) is 1. The number of nitrogens with two attached hydrogens (primary N) is 1. The van der Waals surface area contributed by atoms with E-state index in [4.69, 9.17) is 5.73 Å². The van der Waals surface area contributed by atoms with Gasteiger partial charge in [-0.25, -0.2) is 0 Å². The molecule has 0 aromatic carbocycles. The van der Waals surface area contributed by atoms with Gasteiger partial charge in [0.05, 0.1) is 0 Å². The van der Waals surface area contributed by atoms with Gasteiger partial charge >= 0.3 is 0 Å². The SMILES string of the molecule is CCCCCC(N)CC[SiH3]. The lowest BCUT2D eigenvalue weighted by Crippen LogP contribution is -2.19. The van der Waals surface area contributed by atoms with Crippen molar-refractivity contribution in [3.05, 3.63) is 0 Å². The smallest absolute Gasteiger partial charge is 0.00358 e. The maximum absolute atomic E-state index is 5.85. The van der Waals surface area contributed by atoms with E-state index in [1.807, 2.05) is 0 Å². The zero-order chi connectivity index (χ0) is 7.82. The summed E-state index contributed by atoms with van der Waals surface area (Å²) >= 11 is 0. The fourth-order valence-corrected chi connectivity index (χ4v) is 1.91. The zero-order valence-corrected chi connectivity index (χ0v) is 9.40. The van der Waals surface area contributed by atoms with Crippen LogP contribution in [0.2, 0.25) is 6.04 Å². The molecule has 0 amide bonds. The highest BCUT2D eigenvalue weighted by Gasteiger charge is 1.98. The van der Waals surface area contributed by atoms with Gasteiger partial charge in [-0.05, 0) is 12.8 Å². The maximum Gasteiger partial charge on any atom is 0.00358 e. The second kappa shape index (κ2) is 7.29. The van der Waals surface area contributed by atoms with Crippen LogP contribution in [0.1, 0.15) is 39.0 Å². The van der Waals surface area contributed by atoms with Gasteiger partial charge in [0, 0.05) is 16.3 Å². The van der Waals surface area contributed by atoms with Crippen LogP contribution in [0.15, 0.2) is 0 Å². The van der Waals surface area contributed by atoms with Crippen LogP contribution in [-0.4, -0.2) is 16.3 Å². The predicted molar refractivity (Wildman–Crippen MR) is 51.5 cm³/mol. The standard InChI is InChI=1S/C8H21NSi/c1-2-3-4-5-8(9)6-7-10/h8H,2-7,9H2,1,10H3. The van der Waals surface area contributed by atoms with Crippen LogP contribution in [0.4, 0.5) is 0 Å². The molecule has 2 N–H and O–H groups in total. The second-order valence-corrected chi connectivity index (χ2v) is 4.04. The molecule has 0 heterocycles. The van der Waals surface area contributed by atoms with Gasteiger partial charge in [0.2, 0.25) is 0 Å². The first-order chi connectivity index (χ1) is 4.81. The average Bonchev–Trinajstić information content (AvgIpc) is 1.89. The summed E-state index contributed by atoms with van der Waals surface area (Å²) < 4.78 is 0. The van der Waals surface area contributed by atoms with Gasteiger partial charge in [-0.3, -0.25) is 0 Å². The third-order valence-electron chi connectivity index (χ3n) is 1.84.